The number of ether oxygens (including phenoxy) is 2. The third kappa shape index (κ3) is 5.89. The van der Waals surface area contributed by atoms with Crippen LogP contribution < -0.4 is 14.8 Å². The Morgan fingerprint density at radius 3 is 2.82 bits per heavy atom. The van der Waals surface area contributed by atoms with Crippen molar-refractivity contribution < 1.29 is 19.4 Å². The Bertz CT molecular complexity index is 725. The molecule has 28 heavy (non-hydrogen) atoms. The summed E-state index contributed by atoms with van der Waals surface area (Å²) in [6.45, 7) is 1.32. The van der Waals surface area contributed by atoms with E-state index in [0.717, 1.165) is 31.4 Å². The topological polar surface area (TPSA) is 94.8 Å². The van der Waals surface area contributed by atoms with Gasteiger partial charge in [0.2, 0.25) is 0 Å². The molecular formula is C21H29N3O4. The van der Waals surface area contributed by atoms with Gasteiger partial charge in [-0.3, -0.25) is 4.79 Å². The van der Waals surface area contributed by atoms with Crippen LogP contribution in [0.15, 0.2) is 30.0 Å². The molecule has 1 atom stereocenters. The predicted molar refractivity (Wildman–Crippen MR) is 106 cm³/mol. The van der Waals surface area contributed by atoms with Crippen LogP contribution in [0.25, 0.3) is 0 Å². The number of methoxy groups -OCH3 is 2. The van der Waals surface area contributed by atoms with E-state index in [-0.39, 0.29) is 24.1 Å². The van der Waals surface area contributed by atoms with E-state index in [9.17, 15) is 15.2 Å². The highest BCUT2D eigenvalue weighted by molar-refractivity contribution is 5.97. The van der Waals surface area contributed by atoms with Crippen LogP contribution in [0.1, 0.15) is 31.2 Å². The number of piperidine rings is 1. The Kier molecular flexibility index (Phi) is 8.63. The van der Waals surface area contributed by atoms with Crippen LogP contribution in [0, 0.1) is 11.3 Å². The molecule has 7 nitrogen and oxygen atoms in total. The maximum absolute atomic E-state index is 12.4. The van der Waals surface area contributed by atoms with E-state index in [0.29, 0.717) is 30.9 Å². The third-order valence-corrected chi connectivity index (χ3v) is 4.94. The highest BCUT2D eigenvalue weighted by atomic mass is 16.5. The molecule has 1 amide bonds. The second kappa shape index (κ2) is 11.2. The summed E-state index contributed by atoms with van der Waals surface area (Å²) in [6, 6.07) is 7.80. The maximum Gasteiger partial charge on any atom is 0.263 e. The Hall–Kier alpha value is -2.72. The van der Waals surface area contributed by atoms with Gasteiger partial charge in [0, 0.05) is 31.9 Å². The predicted octanol–water partition coefficient (Wildman–Crippen LogP) is 2.01. The average Bonchev–Trinajstić information content (AvgIpc) is 2.73. The number of aliphatic hydroxyl groups is 1. The van der Waals surface area contributed by atoms with Crippen LogP contribution in [-0.4, -0.2) is 55.9 Å². The second-order valence-corrected chi connectivity index (χ2v) is 6.75. The Labute approximate surface area is 166 Å². The zero-order chi connectivity index (χ0) is 20.4. The number of aliphatic hydroxyl groups excluding tert-OH is 1. The molecule has 2 N–H and O–H groups in total. The summed E-state index contributed by atoms with van der Waals surface area (Å²) in [5.41, 5.74) is 1.09. The molecule has 7 heteroatoms. The summed E-state index contributed by atoms with van der Waals surface area (Å²) in [6.07, 6.45) is 6.01. The number of nitriles is 1. The van der Waals surface area contributed by atoms with Crippen LogP contribution in [0.5, 0.6) is 11.5 Å². The number of nitrogens with zero attached hydrogens (tertiary/aromatic N) is 2. The number of carbonyl (C=O) groups is 1. The molecule has 1 unspecified atom stereocenters. The number of carbonyl (C=O) groups excluding carboxylic acids is 1. The molecule has 0 aliphatic carbocycles. The first-order valence-electron chi connectivity index (χ1n) is 9.60. The third-order valence-electron chi connectivity index (χ3n) is 4.94. The van der Waals surface area contributed by atoms with Crippen LogP contribution in [0.4, 0.5) is 0 Å². The summed E-state index contributed by atoms with van der Waals surface area (Å²) < 4.78 is 10.5. The van der Waals surface area contributed by atoms with Crippen molar-refractivity contribution in [2.24, 2.45) is 0 Å². The number of benzene rings is 1. The lowest BCUT2D eigenvalue weighted by Crippen LogP contribution is -2.37. The smallest absolute Gasteiger partial charge is 0.263 e. The van der Waals surface area contributed by atoms with Crippen LogP contribution in [-0.2, 0) is 11.2 Å². The SMILES string of the molecule is COc1ccc(CCNC(=O)/C(C#N)=C\N2CCCCC2CCO)cc1OC. The largest absolute Gasteiger partial charge is 0.493 e. The molecule has 1 aliphatic heterocycles. The number of likely N-dealkylation sites (tertiary alicyclic amines) is 1. The fourth-order valence-corrected chi connectivity index (χ4v) is 3.41. The molecule has 0 radical (unpaired) electrons. The van der Waals surface area contributed by atoms with Gasteiger partial charge >= 0.3 is 0 Å². The molecule has 1 aromatic carbocycles. The van der Waals surface area contributed by atoms with Crippen molar-refractivity contribution in [3.8, 4) is 17.6 Å². The second-order valence-electron chi connectivity index (χ2n) is 6.75. The number of amides is 1. The van der Waals surface area contributed by atoms with E-state index >= 15 is 0 Å². The van der Waals surface area contributed by atoms with E-state index in [1.165, 1.54) is 0 Å². The molecule has 1 fully saturated rings. The minimum Gasteiger partial charge on any atom is -0.493 e. The number of nitrogens with one attached hydrogen (secondary N) is 1. The van der Waals surface area contributed by atoms with Gasteiger partial charge in [-0.1, -0.05) is 6.07 Å². The van der Waals surface area contributed by atoms with Gasteiger partial charge < -0.3 is 24.8 Å². The molecule has 1 heterocycles. The molecule has 1 aromatic rings. The summed E-state index contributed by atoms with van der Waals surface area (Å²) in [7, 11) is 3.17. The van der Waals surface area contributed by atoms with Crippen molar-refractivity contribution >= 4 is 5.91 Å². The Balaban J connectivity index is 1.94. The molecule has 0 spiro atoms. The van der Waals surface area contributed by atoms with Gasteiger partial charge in [0.15, 0.2) is 11.5 Å². The number of hydrogen-bond donors (Lipinski definition) is 2. The van der Waals surface area contributed by atoms with E-state index in [2.05, 4.69) is 5.32 Å². The first-order chi connectivity index (χ1) is 13.6. The zero-order valence-corrected chi connectivity index (χ0v) is 16.6. The normalized spacial score (nSPS) is 17.0. The summed E-state index contributed by atoms with van der Waals surface area (Å²) in [4.78, 5) is 14.4. The molecule has 0 aromatic heterocycles. The fourth-order valence-electron chi connectivity index (χ4n) is 3.41. The van der Waals surface area contributed by atoms with Crippen LogP contribution in [0.3, 0.4) is 0 Å². The average molecular weight is 387 g/mol. The molecule has 2 rings (SSSR count). The van der Waals surface area contributed by atoms with Gasteiger partial charge in [0.05, 0.1) is 14.2 Å². The highest BCUT2D eigenvalue weighted by Gasteiger charge is 2.21. The van der Waals surface area contributed by atoms with Crippen molar-refractivity contribution in [2.75, 3.05) is 33.9 Å². The molecule has 152 valence electrons. The van der Waals surface area contributed by atoms with Crippen molar-refractivity contribution in [3.63, 3.8) is 0 Å². The quantitative estimate of drug-likeness (QED) is 0.497. The molecule has 0 saturated carbocycles. The van der Waals surface area contributed by atoms with Crippen molar-refractivity contribution in [1.29, 1.82) is 5.26 Å². The monoisotopic (exact) mass is 387 g/mol. The summed E-state index contributed by atoms with van der Waals surface area (Å²) in [5.74, 6) is 0.921. The van der Waals surface area contributed by atoms with E-state index < -0.39 is 0 Å². The van der Waals surface area contributed by atoms with Gasteiger partial charge in [-0.25, -0.2) is 0 Å². The van der Waals surface area contributed by atoms with E-state index in [4.69, 9.17) is 9.47 Å². The lowest BCUT2D eigenvalue weighted by Gasteiger charge is -2.34. The van der Waals surface area contributed by atoms with Crippen molar-refractivity contribution in [3.05, 3.63) is 35.5 Å². The number of rotatable bonds is 9. The van der Waals surface area contributed by atoms with Gasteiger partial charge in [0.25, 0.3) is 5.91 Å². The molecular weight excluding hydrogens is 358 g/mol. The standard InChI is InChI=1S/C21H29N3O4/c1-27-19-7-6-16(13-20(19)28-2)8-10-23-21(26)17(14-22)15-24-11-4-3-5-18(24)9-12-25/h6-7,13,15,18,25H,3-5,8-12H2,1-2H3,(H,23,26)/b17-15-. The minimum absolute atomic E-state index is 0.0946. The lowest BCUT2D eigenvalue weighted by atomic mass is 10.00. The molecule has 0 bridgehead atoms. The molecule has 1 saturated heterocycles. The summed E-state index contributed by atoms with van der Waals surface area (Å²) in [5, 5.41) is 21.4. The van der Waals surface area contributed by atoms with E-state index in [1.54, 1.807) is 20.4 Å². The van der Waals surface area contributed by atoms with Crippen LogP contribution >= 0.6 is 0 Å². The van der Waals surface area contributed by atoms with Crippen LogP contribution in [0.2, 0.25) is 0 Å². The van der Waals surface area contributed by atoms with Gasteiger partial charge in [-0.05, 0) is 49.8 Å². The first kappa shape index (κ1) is 21.6. The van der Waals surface area contributed by atoms with E-state index in [1.807, 2.05) is 29.2 Å². The minimum atomic E-state index is -0.378. The Morgan fingerprint density at radius 1 is 1.36 bits per heavy atom. The fraction of sp³-hybridized carbons (Fsp3) is 0.524. The maximum atomic E-state index is 12.4. The van der Waals surface area contributed by atoms with Gasteiger partial charge in [-0.2, -0.15) is 5.26 Å². The zero-order valence-electron chi connectivity index (χ0n) is 16.6. The number of hydrogen-bond acceptors (Lipinski definition) is 6. The van der Waals surface area contributed by atoms with Gasteiger partial charge in [0.1, 0.15) is 11.6 Å². The Morgan fingerprint density at radius 2 is 2.14 bits per heavy atom. The first-order valence-corrected chi connectivity index (χ1v) is 9.60. The molecule has 1 aliphatic rings. The highest BCUT2D eigenvalue weighted by Crippen LogP contribution is 2.27. The lowest BCUT2D eigenvalue weighted by molar-refractivity contribution is -0.117. The summed E-state index contributed by atoms with van der Waals surface area (Å²) >= 11 is 0. The van der Waals surface area contributed by atoms with Crippen molar-refractivity contribution in [1.82, 2.24) is 10.2 Å². The van der Waals surface area contributed by atoms with Gasteiger partial charge in [-0.15, -0.1) is 0 Å². The van der Waals surface area contributed by atoms with Crippen molar-refractivity contribution in [2.45, 2.75) is 38.1 Å².